The Hall–Kier alpha value is -1.13. The maximum absolute atomic E-state index is 12.8. The number of amides is 1. The molecule has 1 aliphatic heterocycles. The van der Waals surface area contributed by atoms with Crippen molar-refractivity contribution in [1.82, 2.24) is 5.32 Å². The maximum atomic E-state index is 12.8. The number of benzene rings is 1. The lowest BCUT2D eigenvalue weighted by molar-refractivity contribution is -0.117. The van der Waals surface area contributed by atoms with E-state index in [1.54, 1.807) is 0 Å². The van der Waals surface area contributed by atoms with Crippen molar-refractivity contribution in [2.75, 3.05) is 11.9 Å². The van der Waals surface area contributed by atoms with Crippen LogP contribution in [0.2, 0.25) is 5.02 Å². The molecule has 0 saturated carbocycles. The van der Waals surface area contributed by atoms with Crippen molar-refractivity contribution in [3.05, 3.63) is 29.0 Å². The molecule has 0 aliphatic carbocycles. The van der Waals surface area contributed by atoms with E-state index in [-0.39, 0.29) is 17.0 Å². The largest absolute Gasteiger partial charge is 0.323 e. The van der Waals surface area contributed by atoms with Crippen LogP contribution in [0, 0.1) is 5.82 Å². The Bertz CT molecular complexity index is 405. The third kappa shape index (κ3) is 2.51. The topological polar surface area (TPSA) is 41.1 Å². The average Bonchev–Trinajstić information content (AvgIpc) is 2.75. The van der Waals surface area contributed by atoms with Gasteiger partial charge in [-0.1, -0.05) is 11.6 Å². The van der Waals surface area contributed by atoms with Crippen LogP contribution in [0.15, 0.2) is 18.2 Å². The van der Waals surface area contributed by atoms with Gasteiger partial charge in [-0.15, -0.1) is 0 Å². The molecule has 1 saturated heterocycles. The summed E-state index contributed by atoms with van der Waals surface area (Å²) in [6, 6.07) is 3.74. The summed E-state index contributed by atoms with van der Waals surface area (Å²) in [5, 5.41) is 5.97. The predicted molar refractivity (Wildman–Crippen MR) is 61.1 cm³/mol. The highest BCUT2D eigenvalue weighted by molar-refractivity contribution is 6.33. The maximum Gasteiger partial charge on any atom is 0.241 e. The fraction of sp³-hybridized carbons (Fsp3) is 0.364. The van der Waals surface area contributed by atoms with Gasteiger partial charge in [0.2, 0.25) is 5.91 Å². The van der Waals surface area contributed by atoms with Crippen molar-refractivity contribution < 1.29 is 9.18 Å². The van der Waals surface area contributed by atoms with Crippen molar-refractivity contribution in [2.45, 2.75) is 18.9 Å². The molecule has 1 aromatic carbocycles. The quantitative estimate of drug-likeness (QED) is 0.835. The Morgan fingerprint density at radius 2 is 2.38 bits per heavy atom. The first-order valence-electron chi connectivity index (χ1n) is 5.16. The van der Waals surface area contributed by atoms with Gasteiger partial charge in [0.25, 0.3) is 0 Å². The molecule has 1 heterocycles. The van der Waals surface area contributed by atoms with Gasteiger partial charge in [-0.3, -0.25) is 4.79 Å². The molecule has 0 unspecified atom stereocenters. The number of hydrogen-bond acceptors (Lipinski definition) is 2. The van der Waals surface area contributed by atoms with Crippen LogP contribution in [0.25, 0.3) is 0 Å². The highest BCUT2D eigenvalue weighted by Gasteiger charge is 2.22. The first kappa shape index (κ1) is 11.4. The van der Waals surface area contributed by atoms with Crippen LogP contribution in [0.3, 0.4) is 0 Å². The second kappa shape index (κ2) is 4.80. The third-order valence-electron chi connectivity index (χ3n) is 2.57. The molecule has 0 aromatic heterocycles. The van der Waals surface area contributed by atoms with Crippen LogP contribution in [-0.4, -0.2) is 18.5 Å². The van der Waals surface area contributed by atoms with Gasteiger partial charge in [-0.05, 0) is 37.6 Å². The zero-order chi connectivity index (χ0) is 11.5. The van der Waals surface area contributed by atoms with Gasteiger partial charge in [0, 0.05) is 0 Å². The van der Waals surface area contributed by atoms with Crippen molar-refractivity contribution in [3.8, 4) is 0 Å². The molecule has 0 radical (unpaired) electrons. The van der Waals surface area contributed by atoms with Gasteiger partial charge < -0.3 is 10.6 Å². The van der Waals surface area contributed by atoms with Gasteiger partial charge in [0.15, 0.2) is 0 Å². The smallest absolute Gasteiger partial charge is 0.241 e. The summed E-state index contributed by atoms with van der Waals surface area (Å²) in [5.74, 6) is -0.534. The minimum Gasteiger partial charge on any atom is -0.323 e. The molecule has 1 aliphatic rings. The van der Waals surface area contributed by atoms with E-state index in [9.17, 15) is 9.18 Å². The standard InChI is InChI=1S/C11H12ClFN2O/c12-8-6-7(13)3-4-9(8)15-11(16)10-2-1-5-14-10/h3-4,6,10,14H,1-2,5H2,(H,15,16)/t10-/m1/s1. The van der Waals surface area contributed by atoms with Crippen LogP contribution in [0.1, 0.15) is 12.8 Å². The highest BCUT2D eigenvalue weighted by Crippen LogP contribution is 2.23. The molecule has 0 spiro atoms. The van der Waals surface area contributed by atoms with Crippen LogP contribution in [0.4, 0.5) is 10.1 Å². The second-order valence-electron chi connectivity index (χ2n) is 3.76. The first-order valence-corrected chi connectivity index (χ1v) is 5.54. The normalized spacial score (nSPS) is 19.8. The molecule has 1 fully saturated rings. The van der Waals surface area contributed by atoms with Crippen molar-refractivity contribution in [2.24, 2.45) is 0 Å². The molecule has 2 rings (SSSR count). The van der Waals surface area contributed by atoms with Gasteiger partial charge in [-0.25, -0.2) is 4.39 Å². The molecule has 86 valence electrons. The number of rotatable bonds is 2. The van der Waals surface area contributed by atoms with E-state index in [2.05, 4.69) is 10.6 Å². The monoisotopic (exact) mass is 242 g/mol. The Morgan fingerprint density at radius 1 is 1.56 bits per heavy atom. The fourth-order valence-corrected chi connectivity index (χ4v) is 1.93. The van der Waals surface area contributed by atoms with E-state index in [4.69, 9.17) is 11.6 Å². The summed E-state index contributed by atoms with van der Waals surface area (Å²) < 4.78 is 12.8. The van der Waals surface area contributed by atoms with Gasteiger partial charge >= 0.3 is 0 Å². The first-order chi connectivity index (χ1) is 7.66. The number of carbonyl (C=O) groups is 1. The van der Waals surface area contributed by atoms with E-state index in [1.165, 1.54) is 18.2 Å². The molecule has 5 heteroatoms. The van der Waals surface area contributed by atoms with E-state index < -0.39 is 5.82 Å². The Labute approximate surface area is 98.0 Å². The lowest BCUT2D eigenvalue weighted by Gasteiger charge is -2.12. The van der Waals surface area contributed by atoms with Crippen molar-refractivity contribution in [3.63, 3.8) is 0 Å². The Kier molecular flexibility index (Phi) is 3.41. The summed E-state index contributed by atoms with van der Waals surface area (Å²) in [4.78, 5) is 11.7. The minimum atomic E-state index is -0.415. The number of carbonyl (C=O) groups excluding carboxylic acids is 1. The number of halogens is 2. The Balaban J connectivity index is 2.05. The summed E-state index contributed by atoms with van der Waals surface area (Å²) in [6.45, 7) is 0.856. The molecule has 3 nitrogen and oxygen atoms in total. The summed E-state index contributed by atoms with van der Waals surface area (Å²) in [5.41, 5.74) is 0.446. The van der Waals surface area contributed by atoms with Gasteiger partial charge in [-0.2, -0.15) is 0 Å². The molecule has 1 amide bonds. The Morgan fingerprint density at radius 3 is 3.00 bits per heavy atom. The second-order valence-corrected chi connectivity index (χ2v) is 4.17. The highest BCUT2D eigenvalue weighted by atomic mass is 35.5. The lowest BCUT2D eigenvalue weighted by atomic mass is 10.2. The molecule has 0 bridgehead atoms. The third-order valence-corrected chi connectivity index (χ3v) is 2.88. The zero-order valence-electron chi connectivity index (χ0n) is 8.59. The predicted octanol–water partition coefficient (Wildman–Crippen LogP) is 2.17. The lowest BCUT2D eigenvalue weighted by Crippen LogP contribution is -2.35. The van der Waals surface area contributed by atoms with Crippen molar-refractivity contribution in [1.29, 1.82) is 0 Å². The SMILES string of the molecule is O=C(Nc1ccc(F)cc1Cl)[C@H]1CCCN1. The molecule has 16 heavy (non-hydrogen) atoms. The summed E-state index contributed by atoms with van der Waals surface area (Å²) in [7, 11) is 0. The molecular formula is C11H12ClFN2O. The summed E-state index contributed by atoms with van der Waals surface area (Å²) in [6.07, 6.45) is 1.82. The molecule has 2 N–H and O–H groups in total. The van der Waals surface area contributed by atoms with E-state index >= 15 is 0 Å². The average molecular weight is 243 g/mol. The van der Waals surface area contributed by atoms with E-state index in [1.807, 2.05) is 0 Å². The van der Waals surface area contributed by atoms with E-state index in [0.29, 0.717) is 5.69 Å². The molecule has 1 aromatic rings. The van der Waals surface area contributed by atoms with Gasteiger partial charge in [0.05, 0.1) is 16.8 Å². The van der Waals surface area contributed by atoms with Crippen LogP contribution in [-0.2, 0) is 4.79 Å². The van der Waals surface area contributed by atoms with Gasteiger partial charge in [0.1, 0.15) is 5.82 Å². The molecule has 1 atom stereocenters. The number of anilines is 1. The van der Waals surface area contributed by atoms with E-state index in [0.717, 1.165) is 19.4 Å². The van der Waals surface area contributed by atoms with Crippen LogP contribution < -0.4 is 10.6 Å². The van der Waals surface area contributed by atoms with Crippen LogP contribution >= 0.6 is 11.6 Å². The van der Waals surface area contributed by atoms with Crippen molar-refractivity contribution >= 4 is 23.2 Å². The minimum absolute atomic E-state index is 0.119. The van der Waals surface area contributed by atoms with Crippen LogP contribution in [0.5, 0.6) is 0 Å². The molecular weight excluding hydrogens is 231 g/mol. The number of hydrogen-bond donors (Lipinski definition) is 2. The fourth-order valence-electron chi connectivity index (χ4n) is 1.72. The summed E-state index contributed by atoms with van der Waals surface area (Å²) >= 11 is 5.81. The number of nitrogens with one attached hydrogen (secondary N) is 2. The zero-order valence-corrected chi connectivity index (χ0v) is 9.35.